The van der Waals surface area contributed by atoms with Crippen LogP contribution < -0.4 is 5.73 Å². The Bertz CT molecular complexity index is 364. The van der Waals surface area contributed by atoms with E-state index in [1.165, 1.54) is 12.8 Å². The second-order valence-electron chi connectivity index (χ2n) is 5.80. The number of nitrogens with two attached hydrogens (primary N) is 1. The second-order valence-corrected chi connectivity index (χ2v) is 6.27. The molecule has 1 heterocycles. The molecule has 20 heavy (non-hydrogen) atoms. The third-order valence-electron chi connectivity index (χ3n) is 4.37. The van der Waals surface area contributed by atoms with E-state index in [0.717, 1.165) is 32.7 Å². The third-order valence-corrected chi connectivity index (χ3v) is 4.72. The zero-order chi connectivity index (χ0) is 14.7. The van der Waals surface area contributed by atoms with Gasteiger partial charge in [-0.15, -0.1) is 0 Å². The van der Waals surface area contributed by atoms with Crippen LogP contribution in [0.5, 0.6) is 0 Å². The van der Waals surface area contributed by atoms with Crippen LogP contribution in [0.15, 0.2) is 0 Å². The Morgan fingerprint density at radius 2 is 1.95 bits per heavy atom. The molecule has 1 atom stereocenters. The summed E-state index contributed by atoms with van der Waals surface area (Å²) in [6.07, 6.45) is 2.36. The highest BCUT2D eigenvalue weighted by molar-refractivity contribution is 7.80. The molecular formula is C14H26N4OS. The predicted molar refractivity (Wildman–Crippen MR) is 84.7 cm³/mol. The van der Waals surface area contributed by atoms with Crippen LogP contribution in [-0.4, -0.2) is 76.9 Å². The molecule has 2 fully saturated rings. The molecule has 0 radical (unpaired) electrons. The van der Waals surface area contributed by atoms with Gasteiger partial charge in [0.1, 0.15) is 0 Å². The molecule has 1 saturated carbocycles. The number of hydrogen-bond acceptors (Lipinski definition) is 4. The minimum atomic E-state index is 0.154. The van der Waals surface area contributed by atoms with E-state index in [1.807, 2.05) is 4.90 Å². The van der Waals surface area contributed by atoms with Gasteiger partial charge in [0.25, 0.3) is 0 Å². The van der Waals surface area contributed by atoms with Crippen molar-refractivity contribution in [2.45, 2.75) is 38.8 Å². The average molecular weight is 298 g/mol. The maximum Gasteiger partial charge on any atom is 0.236 e. The Hall–Kier alpha value is -0.720. The number of hydrogen-bond donors (Lipinski definition) is 1. The van der Waals surface area contributed by atoms with Crippen LogP contribution >= 0.6 is 12.2 Å². The van der Waals surface area contributed by atoms with Gasteiger partial charge in [-0.2, -0.15) is 0 Å². The van der Waals surface area contributed by atoms with Crippen molar-refractivity contribution in [1.82, 2.24) is 14.7 Å². The van der Waals surface area contributed by atoms with Crippen molar-refractivity contribution in [1.29, 1.82) is 0 Å². The summed E-state index contributed by atoms with van der Waals surface area (Å²) < 4.78 is 0. The summed E-state index contributed by atoms with van der Waals surface area (Å²) in [7, 11) is 0. The minimum Gasteiger partial charge on any atom is -0.392 e. The first-order valence-corrected chi connectivity index (χ1v) is 7.99. The molecule has 2 rings (SSSR count). The van der Waals surface area contributed by atoms with Crippen molar-refractivity contribution in [3.63, 3.8) is 0 Å². The first-order chi connectivity index (χ1) is 9.52. The monoisotopic (exact) mass is 298 g/mol. The Morgan fingerprint density at radius 1 is 1.35 bits per heavy atom. The van der Waals surface area contributed by atoms with Gasteiger partial charge in [-0.25, -0.2) is 0 Å². The molecule has 1 unspecified atom stereocenters. The van der Waals surface area contributed by atoms with E-state index in [0.29, 0.717) is 17.6 Å². The van der Waals surface area contributed by atoms with E-state index in [4.69, 9.17) is 18.0 Å². The standard InChI is InChI=1S/C14H26N4OS/c1-3-18(12-4-5-12)13(19)10-16-6-8-17(9-7-16)11(2)14(15)20/h11-12H,3-10H2,1-2H3,(H2,15,20). The number of piperazine rings is 1. The zero-order valence-electron chi connectivity index (χ0n) is 12.5. The number of carbonyl (C=O) groups excluding carboxylic acids is 1. The summed E-state index contributed by atoms with van der Waals surface area (Å²) >= 11 is 5.05. The maximum atomic E-state index is 12.3. The van der Waals surface area contributed by atoms with Crippen LogP contribution in [0.1, 0.15) is 26.7 Å². The summed E-state index contributed by atoms with van der Waals surface area (Å²) in [5.74, 6) is 0.283. The van der Waals surface area contributed by atoms with Crippen molar-refractivity contribution in [2.24, 2.45) is 5.73 Å². The molecule has 2 N–H and O–H groups in total. The molecule has 1 amide bonds. The average Bonchev–Trinajstić information content (AvgIpc) is 3.24. The molecule has 0 spiro atoms. The number of nitrogens with zero attached hydrogens (tertiary/aromatic N) is 3. The predicted octanol–water partition coefficient (Wildman–Crippen LogP) is 0.290. The quantitative estimate of drug-likeness (QED) is 0.714. The molecule has 0 aromatic carbocycles. The van der Waals surface area contributed by atoms with Crippen molar-refractivity contribution in [3.8, 4) is 0 Å². The van der Waals surface area contributed by atoms with Gasteiger partial charge in [0.15, 0.2) is 0 Å². The normalized spacial score (nSPS) is 22.5. The topological polar surface area (TPSA) is 52.8 Å². The van der Waals surface area contributed by atoms with Crippen LogP contribution in [0.25, 0.3) is 0 Å². The van der Waals surface area contributed by atoms with E-state index in [-0.39, 0.29) is 11.9 Å². The van der Waals surface area contributed by atoms with Crippen LogP contribution in [-0.2, 0) is 4.79 Å². The van der Waals surface area contributed by atoms with Crippen molar-refractivity contribution in [2.75, 3.05) is 39.3 Å². The summed E-state index contributed by atoms with van der Waals surface area (Å²) in [6, 6.07) is 0.671. The highest BCUT2D eigenvalue weighted by Crippen LogP contribution is 2.26. The lowest BCUT2D eigenvalue weighted by molar-refractivity contribution is -0.133. The van der Waals surface area contributed by atoms with Crippen molar-refractivity contribution >= 4 is 23.1 Å². The van der Waals surface area contributed by atoms with Crippen LogP contribution in [0.2, 0.25) is 0 Å². The largest absolute Gasteiger partial charge is 0.392 e. The lowest BCUT2D eigenvalue weighted by atomic mass is 10.2. The van der Waals surface area contributed by atoms with Gasteiger partial charge in [0.2, 0.25) is 5.91 Å². The summed E-state index contributed by atoms with van der Waals surface area (Å²) in [6.45, 7) is 9.21. The molecule has 0 bridgehead atoms. The van der Waals surface area contributed by atoms with Crippen molar-refractivity contribution < 1.29 is 4.79 Å². The fraction of sp³-hybridized carbons (Fsp3) is 0.857. The fourth-order valence-corrected chi connectivity index (χ4v) is 2.94. The molecule has 0 aromatic heterocycles. The van der Waals surface area contributed by atoms with E-state index in [1.54, 1.807) is 0 Å². The zero-order valence-corrected chi connectivity index (χ0v) is 13.4. The van der Waals surface area contributed by atoms with Gasteiger partial charge in [-0.05, 0) is 26.7 Å². The van der Waals surface area contributed by atoms with Crippen LogP contribution in [0, 0.1) is 0 Å². The number of likely N-dealkylation sites (N-methyl/N-ethyl adjacent to an activating group) is 1. The minimum absolute atomic E-state index is 0.154. The molecule has 1 aliphatic heterocycles. The Labute approximate surface area is 127 Å². The molecule has 1 aliphatic carbocycles. The number of amides is 1. The van der Waals surface area contributed by atoms with Gasteiger partial charge >= 0.3 is 0 Å². The molecule has 0 aromatic rings. The third kappa shape index (κ3) is 3.90. The molecule has 114 valence electrons. The lowest BCUT2D eigenvalue weighted by Gasteiger charge is -2.38. The lowest BCUT2D eigenvalue weighted by Crippen LogP contribution is -2.54. The first-order valence-electron chi connectivity index (χ1n) is 7.58. The summed E-state index contributed by atoms with van der Waals surface area (Å²) in [5.41, 5.74) is 5.70. The SMILES string of the molecule is CCN(C(=O)CN1CCN(C(C)C(N)=S)CC1)C1CC1. The molecule has 5 nitrogen and oxygen atoms in total. The van der Waals surface area contributed by atoms with Gasteiger partial charge in [0.05, 0.1) is 17.6 Å². The number of rotatable bonds is 6. The maximum absolute atomic E-state index is 12.3. The van der Waals surface area contributed by atoms with E-state index >= 15 is 0 Å². The number of carbonyl (C=O) groups is 1. The van der Waals surface area contributed by atoms with Gasteiger partial charge in [-0.1, -0.05) is 12.2 Å². The Kier molecular flexibility index (Phi) is 5.35. The van der Waals surface area contributed by atoms with Crippen molar-refractivity contribution in [3.05, 3.63) is 0 Å². The van der Waals surface area contributed by atoms with Gasteiger partial charge in [-0.3, -0.25) is 14.6 Å². The molecule has 2 aliphatic rings. The molecule has 1 saturated heterocycles. The van der Waals surface area contributed by atoms with Gasteiger partial charge in [0, 0.05) is 38.8 Å². The second kappa shape index (κ2) is 6.83. The van der Waals surface area contributed by atoms with E-state index in [9.17, 15) is 4.79 Å². The molecular weight excluding hydrogens is 272 g/mol. The van der Waals surface area contributed by atoms with E-state index < -0.39 is 0 Å². The Morgan fingerprint density at radius 3 is 2.40 bits per heavy atom. The smallest absolute Gasteiger partial charge is 0.236 e. The summed E-state index contributed by atoms with van der Waals surface area (Å²) in [4.78, 5) is 19.4. The first kappa shape index (κ1) is 15.7. The van der Waals surface area contributed by atoms with Crippen LogP contribution in [0.4, 0.5) is 0 Å². The van der Waals surface area contributed by atoms with E-state index in [2.05, 4.69) is 23.6 Å². The van der Waals surface area contributed by atoms with Gasteiger partial charge < -0.3 is 10.6 Å². The Balaban J connectivity index is 1.76. The molecule has 6 heteroatoms. The summed E-state index contributed by atoms with van der Waals surface area (Å²) in [5, 5.41) is 0. The highest BCUT2D eigenvalue weighted by atomic mass is 32.1. The van der Waals surface area contributed by atoms with Crippen LogP contribution in [0.3, 0.4) is 0 Å². The number of thiocarbonyl (C=S) groups is 1. The fourth-order valence-electron chi connectivity index (χ4n) is 2.80. The highest BCUT2D eigenvalue weighted by Gasteiger charge is 2.32.